The average Bonchev–Trinajstić information content (AvgIpc) is 2.26. The minimum atomic E-state index is 0.156. The van der Waals surface area contributed by atoms with Gasteiger partial charge in [0.2, 0.25) is 0 Å². The molecular formula is C12H20N2O2. The van der Waals surface area contributed by atoms with Crippen molar-refractivity contribution >= 4 is 5.82 Å². The molecule has 1 heterocycles. The van der Waals surface area contributed by atoms with E-state index in [1.54, 1.807) is 13.3 Å². The van der Waals surface area contributed by atoms with Crippen molar-refractivity contribution in [2.24, 2.45) is 0 Å². The molecule has 0 bridgehead atoms. The molecule has 0 fully saturated rings. The molecule has 0 radical (unpaired) electrons. The van der Waals surface area contributed by atoms with Crippen LogP contribution < -0.4 is 10.1 Å². The summed E-state index contributed by atoms with van der Waals surface area (Å²) in [5.74, 6) is 1.60. The first kappa shape index (κ1) is 12.8. The number of pyridine rings is 1. The van der Waals surface area contributed by atoms with Gasteiger partial charge in [0.15, 0.2) is 11.6 Å². The fourth-order valence-corrected chi connectivity index (χ4v) is 1.30. The molecule has 0 aromatic carbocycles. The second kappa shape index (κ2) is 7.06. The van der Waals surface area contributed by atoms with Gasteiger partial charge >= 0.3 is 0 Å². The number of nitrogens with zero attached hydrogens (tertiary/aromatic N) is 1. The molecule has 4 heteroatoms. The van der Waals surface area contributed by atoms with Gasteiger partial charge in [-0.15, -0.1) is 0 Å². The highest BCUT2D eigenvalue weighted by atomic mass is 16.5. The summed E-state index contributed by atoms with van der Waals surface area (Å²) in [6.45, 7) is 5.59. The van der Waals surface area contributed by atoms with Crippen LogP contribution in [-0.2, 0) is 4.74 Å². The first-order valence-corrected chi connectivity index (χ1v) is 5.58. The van der Waals surface area contributed by atoms with Crippen LogP contribution in [0.3, 0.4) is 0 Å². The maximum Gasteiger partial charge on any atom is 0.168 e. The molecule has 0 unspecified atom stereocenters. The van der Waals surface area contributed by atoms with Crippen molar-refractivity contribution in [1.29, 1.82) is 0 Å². The zero-order valence-electron chi connectivity index (χ0n) is 10.2. The third-order valence-electron chi connectivity index (χ3n) is 1.95. The Labute approximate surface area is 97.0 Å². The lowest BCUT2D eigenvalue weighted by atomic mass is 10.3. The van der Waals surface area contributed by atoms with Gasteiger partial charge in [0.1, 0.15) is 0 Å². The molecule has 0 atom stereocenters. The minimum absolute atomic E-state index is 0.156. The Morgan fingerprint density at radius 3 is 2.94 bits per heavy atom. The van der Waals surface area contributed by atoms with Gasteiger partial charge in [-0.2, -0.15) is 0 Å². The minimum Gasteiger partial charge on any atom is -0.487 e. The van der Waals surface area contributed by atoms with E-state index in [4.69, 9.17) is 9.47 Å². The first-order chi connectivity index (χ1) is 7.74. The lowest BCUT2D eigenvalue weighted by Gasteiger charge is -2.14. The van der Waals surface area contributed by atoms with Crippen LogP contribution >= 0.6 is 0 Å². The van der Waals surface area contributed by atoms with Gasteiger partial charge in [0.05, 0.1) is 6.10 Å². The molecule has 0 aliphatic rings. The largest absolute Gasteiger partial charge is 0.487 e. The van der Waals surface area contributed by atoms with E-state index in [-0.39, 0.29) is 6.10 Å². The molecule has 0 spiro atoms. The summed E-state index contributed by atoms with van der Waals surface area (Å²) in [7, 11) is 1.70. The quantitative estimate of drug-likeness (QED) is 0.722. The number of hydrogen-bond acceptors (Lipinski definition) is 4. The van der Waals surface area contributed by atoms with Crippen molar-refractivity contribution in [1.82, 2.24) is 4.98 Å². The zero-order chi connectivity index (χ0) is 11.8. The van der Waals surface area contributed by atoms with Crippen molar-refractivity contribution in [3.63, 3.8) is 0 Å². The number of methoxy groups -OCH3 is 1. The molecule has 90 valence electrons. The summed E-state index contributed by atoms with van der Waals surface area (Å²) >= 11 is 0. The second-order valence-electron chi connectivity index (χ2n) is 3.79. The maximum absolute atomic E-state index is 5.65. The van der Waals surface area contributed by atoms with Crippen LogP contribution in [0.25, 0.3) is 0 Å². The van der Waals surface area contributed by atoms with Crippen LogP contribution in [0.1, 0.15) is 20.3 Å². The Morgan fingerprint density at radius 2 is 2.25 bits per heavy atom. The van der Waals surface area contributed by atoms with Crippen LogP contribution in [0.2, 0.25) is 0 Å². The topological polar surface area (TPSA) is 43.4 Å². The first-order valence-electron chi connectivity index (χ1n) is 5.58. The predicted molar refractivity (Wildman–Crippen MR) is 65.0 cm³/mol. The second-order valence-corrected chi connectivity index (χ2v) is 3.79. The lowest BCUT2D eigenvalue weighted by molar-refractivity contribution is 0.197. The molecule has 1 rings (SSSR count). The number of rotatable bonds is 7. The predicted octanol–water partition coefficient (Wildman–Crippen LogP) is 2.32. The van der Waals surface area contributed by atoms with Gasteiger partial charge in [-0.3, -0.25) is 0 Å². The highest BCUT2D eigenvalue weighted by Crippen LogP contribution is 2.21. The van der Waals surface area contributed by atoms with Crippen molar-refractivity contribution in [3.05, 3.63) is 18.3 Å². The molecule has 1 aromatic heterocycles. The van der Waals surface area contributed by atoms with Crippen LogP contribution in [0.15, 0.2) is 18.3 Å². The summed E-state index contributed by atoms with van der Waals surface area (Å²) in [6.07, 6.45) is 2.86. The van der Waals surface area contributed by atoms with E-state index in [1.807, 2.05) is 26.0 Å². The van der Waals surface area contributed by atoms with Crippen molar-refractivity contribution in [2.45, 2.75) is 26.4 Å². The fraction of sp³-hybridized carbons (Fsp3) is 0.583. The van der Waals surface area contributed by atoms with E-state index in [0.29, 0.717) is 0 Å². The molecule has 0 saturated heterocycles. The summed E-state index contributed by atoms with van der Waals surface area (Å²) < 4.78 is 10.6. The number of aromatic nitrogens is 1. The van der Waals surface area contributed by atoms with Gasteiger partial charge in [-0.1, -0.05) is 0 Å². The SMILES string of the molecule is COCCCNc1ncccc1OC(C)C. The van der Waals surface area contributed by atoms with E-state index in [9.17, 15) is 0 Å². The van der Waals surface area contributed by atoms with Crippen molar-refractivity contribution in [2.75, 3.05) is 25.6 Å². The summed E-state index contributed by atoms with van der Waals surface area (Å²) in [5.41, 5.74) is 0. The van der Waals surface area contributed by atoms with Gasteiger partial charge in [0, 0.05) is 26.5 Å². The van der Waals surface area contributed by atoms with Crippen molar-refractivity contribution < 1.29 is 9.47 Å². The molecular weight excluding hydrogens is 204 g/mol. The van der Waals surface area contributed by atoms with E-state index in [0.717, 1.165) is 31.1 Å². The highest BCUT2D eigenvalue weighted by Gasteiger charge is 2.05. The van der Waals surface area contributed by atoms with Crippen molar-refractivity contribution in [3.8, 4) is 5.75 Å². The Kier molecular flexibility index (Phi) is 5.64. The lowest BCUT2D eigenvalue weighted by Crippen LogP contribution is -2.11. The van der Waals surface area contributed by atoms with Gasteiger partial charge < -0.3 is 14.8 Å². The molecule has 16 heavy (non-hydrogen) atoms. The van der Waals surface area contributed by atoms with E-state index in [2.05, 4.69) is 10.3 Å². The zero-order valence-corrected chi connectivity index (χ0v) is 10.2. The number of hydrogen-bond donors (Lipinski definition) is 1. The third kappa shape index (κ3) is 4.49. The smallest absolute Gasteiger partial charge is 0.168 e. The Hall–Kier alpha value is -1.29. The van der Waals surface area contributed by atoms with Gasteiger partial charge in [0.25, 0.3) is 0 Å². The number of anilines is 1. The molecule has 0 aliphatic carbocycles. The molecule has 0 aliphatic heterocycles. The third-order valence-corrected chi connectivity index (χ3v) is 1.95. The molecule has 4 nitrogen and oxygen atoms in total. The molecule has 1 aromatic rings. The monoisotopic (exact) mass is 224 g/mol. The number of ether oxygens (including phenoxy) is 2. The summed E-state index contributed by atoms with van der Waals surface area (Å²) in [5, 5.41) is 3.24. The normalized spacial score (nSPS) is 10.5. The highest BCUT2D eigenvalue weighted by molar-refractivity contribution is 5.49. The Bertz CT molecular complexity index is 303. The van der Waals surface area contributed by atoms with Crippen LogP contribution in [0, 0.1) is 0 Å². The standard InChI is InChI=1S/C12H20N2O2/c1-10(2)16-11-6-4-7-13-12(11)14-8-5-9-15-3/h4,6-7,10H,5,8-9H2,1-3H3,(H,13,14). The fourth-order valence-electron chi connectivity index (χ4n) is 1.30. The van der Waals surface area contributed by atoms with Crippen LogP contribution in [-0.4, -0.2) is 31.3 Å². The van der Waals surface area contributed by atoms with Crippen LogP contribution in [0.4, 0.5) is 5.82 Å². The Balaban J connectivity index is 2.50. The average molecular weight is 224 g/mol. The maximum atomic E-state index is 5.65. The van der Waals surface area contributed by atoms with Crippen LogP contribution in [0.5, 0.6) is 5.75 Å². The van der Waals surface area contributed by atoms with E-state index in [1.165, 1.54) is 0 Å². The van der Waals surface area contributed by atoms with Gasteiger partial charge in [-0.05, 0) is 32.4 Å². The van der Waals surface area contributed by atoms with E-state index < -0.39 is 0 Å². The Morgan fingerprint density at radius 1 is 1.44 bits per heavy atom. The number of nitrogens with one attached hydrogen (secondary N) is 1. The van der Waals surface area contributed by atoms with E-state index >= 15 is 0 Å². The molecule has 0 amide bonds. The molecule has 0 saturated carbocycles. The van der Waals surface area contributed by atoms with Gasteiger partial charge in [-0.25, -0.2) is 4.98 Å². The molecule has 1 N–H and O–H groups in total. The summed E-state index contributed by atoms with van der Waals surface area (Å²) in [4.78, 5) is 4.25. The summed E-state index contributed by atoms with van der Waals surface area (Å²) in [6, 6.07) is 3.80.